The summed E-state index contributed by atoms with van der Waals surface area (Å²) in [6.45, 7) is 2.96. The van der Waals surface area contributed by atoms with Gasteiger partial charge in [0.25, 0.3) is 5.91 Å². The maximum Gasteiger partial charge on any atom is 0.273 e. The molecule has 0 unspecified atom stereocenters. The number of nitrogens with zero attached hydrogens (tertiary/aromatic N) is 3. The first-order chi connectivity index (χ1) is 8.16. The van der Waals surface area contributed by atoms with Crippen LogP contribution in [-0.2, 0) is 7.05 Å². The van der Waals surface area contributed by atoms with Crippen molar-refractivity contribution in [3.8, 4) is 0 Å². The molecule has 0 aliphatic carbocycles. The molecule has 0 bridgehead atoms. The van der Waals surface area contributed by atoms with Crippen molar-refractivity contribution in [1.29, 1.82) is 0 Å². The largest absolute Gasteiger partial charge is 0.340 e. The van der Waals surface area contributed by atoms with Crippen LogP contribution in [0.2, 0.25) is 0 Å². The van der Waals surface area contributed by atoms with E-state index in [9.17, 15) is 4.79 Å². The molecule has 1 aliphatic heterocycles. The summed E-state index contributed by atoms with van der Waals surface area (Å²) in [4.78, 5) is 17.9. The number of hydrogen-bond acceptors (Lipinski definition) is 3. The molecule has 5 heteroatoms. The molecule has 1 saturated heterocycles. The lowest BCUT2D eigenvalue weighted by molar-refractivity contribution is 0.0757. The third-order valence-corrected chi connectivity index (χ3v) is 3.26. The highest BCUT2D eigenvalue weighted by molar-refractivity contribution is 5.91. The molecule has 0 radical (unpaired) electrons. The van der Waals surface area contributed by atoms with Crippen molar-refractivity contribution in [3.63, 3.8) is 0 Å². The molecule has 0 spiro atoms. The average Bonchev–Trinajstić information content (AvgIpc) is 2.76. The molecule has 0 aromatic carbocycles. The Kier molecular flexibility index (Phi) is 3.78. The predicted molar refractivity (Wildman–Crippen MR) is 65.8 cm³/mol. The van der Waals surface area contributed by atoms with E-state index in [1.165, 1.54) is 0 Å². The maximum absolute atomic E-state index is 12.1. The van der Waals surface area contributed by atoms with Crippen molar-refractivity contribution in [1.82, 2.24) is 19.8 Å². The van der Waals surface area contributed by atoms with Gasteiger partial charge in [0.05, 0.1) is 6.33 Å². The summed E-state index contributed by atoms with van der Waals surface area (Å²) in [6, 6.07) is 0. The van der Waals surface area contributed by atoms with Gasteiger partial charge in [-0.25, -0.2) is 4.98 Å². The average molecular weight is 236 g/mol. The smallest absolute Gasteiger partial charge is 0.273 e. The van der Waals surface area contributed by atoms with Crippen molar-refractivity contribution in [2.75, 3.05) is 26.7 Å². The van der Waals surface area contributed by atoms with Gasteiger partial charge in [0.15, 0.2) is 0 Å². The Morgan fingerprint density at radius 3 is 2.88 bits per heavy atom. The van der Waals surface area contributed by atoms with E-state index < -0.39 is 0 Å². The molecule has 1 aromatic heterocycles. The summed E-state index contributed by atoms with van der Waals surface area (Å²) in [5.41, 5.74) is 0.531. The van der Waals surface area contributed by atoms with Crippen LogP contribution in [0.5, 0.6) is 0 Å². The molecule has 2 rings (SSSR count). The first-order valence-electron chi connectivity index (χ1n) is 6.11. The minimum absolute atomic E-state index is 0.0177. The monoisotopic (exact) mass is 236 g/mol. The fraction of sp³-hybridized carbons (Fsp3) is 0.667. The standard InChI is InChI=1S/C12H20N4O/c1-15-8-11(14-9-15)12(17)16(2)7-10-3-5-13-6-4-10/h8-10,13H,3-7H2,1-2H3. The Bertz CT molecular complexity index is 382. The van der Waals surface area contributed by atoms with Crippen LogP contribution < -0.4 is 5.32 Å². The third-order valence-electron chi connectivity index (χ3n) is 3.26. The van der Waals surface area contributed by atoms with Crippen LogP contribution >= 0.6 is 0 Å². The summed E-state index contributed by atoms with van der Waals surface area (Å²) < 4.78 is 1.80. The number of carbonyl (C=O) groups is 1. The Morgan fingerprint density at radius 2 is 2.29 bits per heavy atom. The van der Waals surface area contributed by atoms with Crippen molar-refractivity contribution >= 4 is 5.91 Å². The Balaban J connectivity index is 1.90. The number of rotatable bonds is 3. The molecular weight excluding hydrogens is 216 g/mol. The van der Waals surface area contributed by atoms with E-state index in [1.807, 2.05) is 14.1 Å². The van der Waals surface area contributed by atoms with E-state index in [2.05, 4.69) is 10.3 Å². The fourth-order valence-corrected chi connectivity index (χ4v) is 2.25. The fourth-order valence-electron chi connectivity index (χ4n) is 2.25. The molecule has 94 valence electrons. The molecule has 2 heterocycles. The number of piperidine rings is 1. The van der Waals surface area contributed by atoms with Crippen LogP contribution in [0.25, 0.3) is 0 Å². The van der Waals surface area contributed by atoms with E-state index in [0.29, 0.717) is 11.6 Å². The van der Waals surface area contributed by atoms with E-state index in [0.717, 1.165) is 32.5 Å². The zero-order valence-electron chi connectivity index (χ0n) is 10.5. The number of amides is 1. The molecule has 1 aliphatic rings. The van der Waals surface area contributed by atoms with E-state index in [4.69, 9.17) is 0 Å². The first-order valence-corrected chi connectivity index (χ1v) is 6.11. The van der Waals surface area contributed by atoms with Crippen molar-refractivity contribution in [2.24, 2.45) is 13.0 Å². The van der Waals surface area contributed by atoms with Crippen LogP contribution in [0, 0.1) is 5.92 Å². The van der Waals surface area contributed by atoms with Crippen LogP contribution in [0.3, 0.4) is 0 Å². The quantitative estimate of drug-likeness (QED) is 0.831. The molecule has 17 heavy (non-hydrogen) atoms. The highest BCUT2D eigenvalue weighted by Crippen LogP contribution is 2.13. The lowest BCUT2D eigenvalue weighted by Crippen LogP contribution is -2.37. The molecule has 1 N–H and O–H groups in total. The van der Waals surface area contributed by atoms with Crippen LogP contribution in [0.15, 0.2) is 12.5 Å². The maximum atomic E-state index is 12.1. The lowest BCUT2D eigenvalue weighted by Gasteiger charge is -2.27. The number of aryl methyl sites for hydroxylation is 1. The summed E-state index contributed by atoms with van der Waals surface area (Å²) in [5, 5.41) is 3.33. The molecular formula is C12H20N4O. The second kappa shape index (κ2) is 5.31. The molecule has 0 atom stereocenters. The van der Waals surface area contributed by atoms with Gasteiger partial charge in [0, 0.05) is 26.8 Å². The van der Waals surface area contributed by atoms with Gasteiger partial charge in [0.2, 0.25) is 0 Å². The number of carbonyl (C=O) groups excluding carboxylic acids is 1. The van der Waals surface area contributed by atoms with Gasteiger partial charge in [-0.1, -0.05) is 0 Å². The van der Waals surface area contributed by atoms with Crippen molar-refractivity contribution in [2.45, 2.75) is 12.8 Å². The zero-order chi connectivity index (χ0) is 12.3. The van der Waals surface area contributed by atoms with Gasteiger partial charge in [-0.2, -0.15) is 0 Å². The number of hydrogen-bond donors (Lipinski definition) is 1. The van der Waals surface area contributed by atoms with Gasteiger partial charge >= 0.3 is 0 Å². The van der Waals surface area contributed by atoms with E-state index in [-0.39, 0.29) is 5.91 Å². The summed E-state index contributed by atoms with van der Waals surface area (Å²) >= 11 is 0. The lowest BCUT2D eigenvalue weighted by atomic mass is 9.97. The number of nitrogens with one attached hydrogen (secondary N) is 1. The molecule has 1 fully saturated rings. The second-order valence-electron chi connectivity index (χ2n) is 4.80. The van der Waals surface area contributed by atoms with Gasteiger partial charge in [-0.05, 0) is 31.8 Å². The van der Waals surface area contributed by atoms with Gasteiger partial charge in [-0.3, -0.25) is 4.79 Å². The summed E-state index contributed by atoms with van der Waals surface area (Å²) in [5.74, 6) is 0.637. The Morgan fingerprint density at radius 1 is 1.59 bits per heavy atom. The number of imidazole rings is 1. The van der Waals surface area contributed by atoms with Gasteiger partial charge in [-0.15, -0.1) is 0 Å². The van der Waals surface area contributed by atoms with Crippen LogP contribution in [-0.4, -0.2) is 47.0 Å². The molecule has 0 saturated carbocycles. The molecule has 5 nitrogen and oxygen atoms in total. The predicted octanol–water partition coefficient (Wildman–Crippen LogP) is 0.492. The van der Waals surface area contributed by atoms with Gasteiger partial charge in [0.1, 0.15) is 5.69 Å². The zero-order valence-corrected chi connectivity index (χ0v) is 10.5. The SMILES string of the molecule is CN(CC1CCNCC1)C(=O)c1cn(C)cn1. The minimum atomic E-state index is 0.0177. The number of aromatic nitrogens is 2. The summed E-state index contributed by atoms with van der Waals surface area (Å²) in [6.07, 6.45) is 5.73. The minimum Gasteiger partial charge on any atom is -0.340 e. The topological polar surface area (TPSA) is 50.2 Å². The van der Waals surface area contributed by atoms with Crippen molar-refractivity contribution < 1.29 is 4.79 Å². The van der Waals surface area contributed by atoms with Crippen LogP contribution in [0.1, 0.15) is 23.3 Å². The van der Waals surface area contributed by atoms with Crippen LogP contribution in [0.4, 0.5) is 0 Å². The molecule has 1 aromatic rings. The van der Waals surface area contributed by atoms with Gasteiger partial charge < -0.3 is 14.8 Å². The van der Waals surface area contributed by atoms with Crippen molar-refractivity contribution in [3.05, 3.63) is 18.2 Å². The third kappa shape index (κ3) is 3.06. The highest BCUT2D eigenvalue weighted by atomic mass is 16.2. The second-order valence-corrected chi connectivity index (χ2v) is 4.80. The van der Waals surface area contributed by atoms with E-state index in [1.54, 1.807) is 22.0 Å². The first kappa shape index (κ1) is 12.1. The molecule has 1 amide bonds. The Labute approximate surface area is 102 Å². The summed E-state index contributed by atoms with van der Waals surface area (Å²) in [7, 11) is 3.73. The normalized spacial score (nSPS) is 17.1. The Hall–Kier alpha value is -1.36. The highest BCUT2D eigenvalue weighted by Gasteiger charge is 2.20. The van der Waals surface area contributed by atoms with E-state index >= 15 is 0 Å².